The Morgan fingerprint density at radius 2 is 1.89 bits per heavy atom. The van der Waals surface area contributed by atoms with E-state index >= 15 is 0 Å². The van der Waals surface area contributed by atoms with Crippen LogP contribution in [0, 0.1) is 17.6 Å². The summed E-state index contributed by atoms with van der Waals surface area (Å²) in [6, 6.07) is 2.51. The van der Waals surface area contributed by atoms with Crippen molar-refractivity contribution in [3.8, 4) is 0 Å². The van der Waals surface area contributed by atoms with E-state index in [0.717, 1.165) is 25.7 Å². The summed E-state index contributed by atoms with van der Waals surface area (Å²) in [6.45, 7) is 0. The molecule has 0 heterocycles. The lowest BCUT2D eigenvalue weighted by atomic mass is 9.81. The molecule has 1 unspecified atom stereocenters. The van der Waals surface area contributed by atoms with E-state index in [1.54, 1.807) is 7.05 Å². The zero-order valence-electron chi connectivity index (χ0n) is 10.5. The predicted octanol–water partition coefficient (Wildman–Crippen LogP) is 4.57. The number of hydrogen-bond acceptors (Lipinski definition) is 1. The van der Waals surface area contributed by atoms with Crippen LogP contribution in [0.3, 0.4) is 0 Å². The van der Waals surface area contributed by atoms with Crippen molar-refractivity contribution in [2.75, 3.05) is 7.05 Å². The number of rotatable bonds is 3. The second kappa shape index (κ2) is 6.11. The minimum absolute atomic E-state index is 0.179. The molecular weight excluding hydrogens is 300 g/mol. The highest BCUT2D eigenvalue weighted by Gasteiger charge is 2.29. The molecule has 0 saturated heterocycles. The van der Waals surface area contributed by atoms with Crippen LogP contribution >= 0.6 is 15.9 Å². The number of halogens is 3. The summed E-state index contributed by atoms with van der Waals surface area (Å²) in [5.41, 5.74) is 0.179. The second-order valence-corrected chi connectivity index (χ2v) is 5.78. The van der Waals surface area contributed by atoms with Crippen molar-refractivity contribution in [3.63, 3.8) is 0 Å². The standard InChI is InChI=1S/C14H18BrF2N/c1-18-14(9-5-3-2-4-6-9)12-11(16)8-7-10(15)13(12)17/h7-9,14,18H,2-6H2,1H3. The molecule has 18 heavy (non-hydrogen) atoms. The SMILES string of the molecule is CNC(c1c(F)ccc(Br)c1F)C1CCCCC1. The fraction of sp³-hybridized carbons (Fsp3) is 0.571. The van der Waals surface area contributed by atoms with Gasteiger partial charge in [0.15, 0.2) is 0 Å². The largest absolute Gasteiger partial charge is 0.313 e. The van der Waals surface area contributed by atoms with Crippen LogP contribution in [0.15, 0.2) is 16.6 Å². The summed E-state index contributed by atoms with van der Waals surface area (Å²) in [7, 11) is 1.78. The Balaban J connectivity index is 2.34. The molecule has 1 N–H and O–H groups in total. The summed E-state index contributed by atoms with van der Waals surface area (Å²) in [5, 5.41) is 3.10. The third-order valence-corrected chi connectivity index (χ3v) is 4.44. The Morgan fingerprint density at radius 3 is 2.50 bits per heavy atom. The van der Waals surface area contributed by atoms with Crippen molar-refractivity contribution < 1.29 is 8.78 Å². The monoisotopic (exact) mass is 317 g/mol. The fourth-order valence-electron chi connectivity index (χ4n) is 2.91. The van der Waals surface area contributed by atoms with Crippen molar-refractivity contribution in [2.45, 2.75) is 38.1 Å². The van der Waals surface area contributed by atoms with Gasteiger partial charge in [-0.25, -0.2) is 8.78 Å². The molecular formula is C14H18BrF2N. The summed E-state index contributed by atoms with van der Waals surface area (Å²) in [5.74, 6) is -0.609. The topological polar surface area (TPSA) is 12.0 Å². The van der Waals surface area contributed by atoms with Gasteiger partial charge in [-0.2, -0.15) is 0 Å². The van der Waals surface area contributed by atoms with Crippen molar-refractivity contribution >= 4 is 15.9 Å². The molecule has 1 atom stereocenters. The summed E-state index contributed by atoms with van der Waals surface area (Å²) in [4.78, 5) is 0. The third kappa shape index (κ3) is 2.75. The average molecular weight is 318 g/mol. The van der Waals surface area contributed by atoms with Crippen LogP contribution in [0.1, 0.15) is 43.7 Å². The van der Waals surface area contributed by atoms with Crippen molar-refractivity contribution in [1.82, 2.24) is 5.32 Å². The number of nitrogens with one attached hydrogen (secondary N) is 1. The molecule has 1 aliphatic rings. The van der Waals surface area contributed by atoms with E-state index in [-0.39, 0.29) is 11.6 Å². The predicted molar refractivity (Wildman–Crippen MR) is 72.4 cm³/mol. The van der Waals surface area contributed by atoms with Crippen molar-refractivity contribution in [3.05, 3.63) is 33.8 Å². The molecule has 1 aliphatic carbocycles. The first-order chi connectivity index (χ1) is 8.65. The molecule has 1 nitrogen and oxygen atoms in total. The van der Waals surface area contributed by atoms with Gasteiger partial charge in [-0.3, -0.25) is 0 Å². The van der Waals surface area contributed by atoms with Crippen LogP contribution < -0.4 is 5.32 Å². The van der Waals surface area contributed by atoms with Gasteiger partial charge >= 0.3 is 0 Å². The molecule has 0 aliphatic heterocycles. The highest BCUT2D eigenvalue weighted by molar-refractivity contribution is 9.10. The molecule has 0 bridgehead atoms. The van der Waals surface area contributed by atoms with Gasteiger partial charge in [0.1, 0.15) is 11.6 Å². The van der Waals surface area contributed by atoms with Gasteiger partial charge in [0.2, 0.25) is 0 Å². The zero-order chi connectivity index (χ0) is 13.1. The Bertz CT molecular complexity index is 417. The van der Waals surface area contributed by atoms with Crippen LogP contribution in [0.5, 0.6) is 0 Å². The van der Waals surface area contributed by atoms with Gasteiger partial charge in [-0.05, 0) is 53.9 Å². The van der Waals surface area contributed by atoms with Crippen LogP contribution in [0.25, 0.3) is 0 Å². The van der Waals surface area contributed by atoms with Crippen LogP contribution in [-0.2, 0) is 0 Å². The minimum Gasteiger partial charge on any atom is -0.313 e. The molecule has 1 aromatic carbocycles. The molecule has 1 saturated carbocycles. The molecule has 0 aromatic heterocycles. The summed E-state index contributed by atoms with van der Waals surface area (Å²) >= 11 is 3.13. The quantitative estimate of drug-likeness (QED) is 0.805. The zero-order valence-corrected chi connectivity index (χ0v) is 12.1. The Hall–Kier alpha value is -0.480. The molecule has 100 valence electrons. The van der Waals surface area contributed by atoms with E-state index in [1.165, 1.54) is 18.6 Å². The first-order valence-electron chi connectivity index (χ1n) is 6.45. The van der Waals surface area contributed by atoms with Gasteiger partial charge < -0.3 is 5.32 Å². The molecule has 0 spiro atoms. The molecule has 0 amide bonds. The fourth-order valence-corrected chi connectivity index (χ4v) is 3.26. The molecule has 1 fully saturated rings. The van der Waals surface area contributed by atoms with Gasteiger partial charge in [0.05, 0.1) is 4.47 Å². The number of hydrogen-bond donors (Lipinski definition) is 1. The number of benzene rings is 1. The minimum atomic E-state index is -0.472. The lowest BCUT2D eigenvalue weighted by molar-refractivity contribution is 0.271. The maximum absolute atomic E-state index is 14.1. The first kappa shape index (κ1) is 13.9. The van der Waals surface area contributed by atoms with E-state index in [9.17, 15) is 8.78 Å². The van der Waals surface area contributed by atoms with Gasteiger partial charge in [0.25, 0.3) is 0 Å². The van der Waals surface area contributed by atoms with E-state index in [4.69, 9.17) is 0 Å². The lowest BCUT2D eigenvalue weighted by Gasteiger charge is -2.31. The van der Waals surface area contributed by atoms with Gasteiger partial charge in [0, 0.05) is 11.6 Å². The highest BCUT2D eigenvalue weighted by Crippen LogP contribution is 2.37. The first-order valence-corrected chi connectivity index (χ1v) is 7.25. The maximum atomic E-state index is 14.1. The van der Waals surface area contributed by atoms with Crippen LogP contribution in [0.2, 0.25) is 0 Å². The van der Waals surface area contributed by atoms with Crippen molar-refractivity contribution in [1.29, 1.82) is 0 Å². The summed E-state index contributed by atoms with van der Waals surface area (Å²) < 4.78 is 28.4. The molecule has 4 heteroatoms. The van der Waals surface area contributed by atoms with Gasteiger partial charge in [-0.1, -0.05) is 19.3 Å². The maximum Gasteiger partial charge on any atom is 0.145 e. The highest BCUT2D eigenvalue weighted by atomic mass is 79.9. The van der Waals surface area contributed by atoms with E-state index in [0.29, 0.717) is 10.4 Å². The normalized spacial score (nSPS) is 18.9. The van der Waals surface area contributed by atoms with Crippen molar-refractivity contribution in [2.24, 2.45) is 5.92 Å². The lowest BCUT2D eigenvalue weighted by Crippen LogP contribution is -2.28. The molecule has 1 aromatic rings. The average Bonchev–Trinajstić information content (AvgIpc) is 2.40. The molecule has 2 rings (SSSR count). The Morgan fingerprint density at radius 1 is 1.22 bits per heavy atom. The van der Waals surface area contributed by atoms with E-state index < -0.39 is 11.6 Å². The van der Waals surface area contributed by atoms with Gasteiger partial charge in [-0.15, -0.1) is 0 Å². The molecule has 0 radical (unpaired) electrons. The third-order valence-electron chi connectivity index (χ3n) is 3.82. The van der Waals surface area contributed by atoms with Crippen LogP contribution in [0.4, 0.5) is 8.78 Å². The van der Waals surface area contributed by atoms with E-state index in [1.807, 2.05) is 0 Å². The van der Waals surface area contributed by atoms with Crippen LogP contribution in [-0.4, -0.2) is 7.05 Å². The Kier molecular flexibility index (Phi) is 4.73. The second-order valence-electron chi connectivity index (χ2n) is 4.92. The van der Waals surface area contributed by atoms with E-state index in [2.05, 4.69) is 21.2 Å². The smallest absolute Gasteiger partial charge is 0.145 e. The summed E-state index contributed by atoms with van der Waals surface area (Å²) in [6.07, 6.45) is 5.62. The Labute approximate surface area is 115 Å².